The van der Waals surface area contributed by atoms with Gasteiger partial charge in [-0.15, -0.1) is 0 Å². The highest BCUT2D eigenvalue weighted by Crippen LogP contribution is 2.30. The zero-order valence-electron chi connectivity index (χ0n) is 14.7. The maximum atomic E-state index is 12.9. The summed E-state index contributed by atoms with van der Waals surface area (Å²) in [6, 6.07) is 8.03. The Kier molecular flexibility index (Phi) is 4.90. The first-order chi connectivity index (χ1) is 11.5. The molecule has 0 saturated carbocycles. The third kappa shape index (κ3) is 3.18. The number of hydrogen-bond acceptors (Lipinski definition) is 3. The summed E-state index contributed by atoms with van der Waals surface area (Å²) in [5, 5.41) is 0. The smallest absolute Gasteiger partial charge is 0.228 e. The van der Waals surface area contributed by atoms with Crippen molar-refractivity contribution < 1.29 is 14.3 Å². The summed E-state index contributed by atoms with van der Waals surface area (Å²) in [4.78, 5) is 29.1. The Balaban J connectivity index is 1.76. The van der Waals surface area contributed by atoms with E-state index >= 15 is 0 Å². The van der Waals surface area contributed by atoms with Crippen molar-refractivity contribution in [1.29, 1.82) is 0 Å². The van der Waals surface area contributed by atoms with Crippen molar-refractivity contribution >= 4 is 17.5 Å². The van der Waals surface area contributed by atoms with Crippen LogP contribution in [-0.4, -0.2) is 48.6 Å². The van der Waals surface area contributed by atoms with E-state index < -0.39 is 0 Å². The third-order valence-corrected chi connectivity index (χ3v) is 5.03. The van der Waals surface area contributed by atoms with Crippen molar-refractivity contribution in [1.82, 2.24) is 4.90 Å². The van der Waals surface area contributed by atoms with Gasteiger partial charge in [-0.05, 0) is 31.9 Å². The van der Waals surface area contributed by atoms with Crippen LogP contribution in [-0.2, 0) is 20.7 Å². The number of carbonyl (C=O) groups is 2. The summed E-state index contributed by atoms with van der Waals surface area (Å²) in [7, 11) is 0. The number of benzene rings is 1. The number of amides is 2. The number of morpholine rings is 1. The molecule has 3 unspecified atom stereocenters. The molecule has 1 aromatic rings. The lowest BCUT2D eigenvalue weighted by Crippen LogP contribution is -2.52. The van der Waals surface area contributed by atoms with E-state index in [1.54, 1.807) is 4.90 Å². The van der Waals surface area contributed by atoms with Crippen LogP contribution in [0.1, 0.15) is 32.8 Å². The van der Waals surface area contributed by atoms with Gasteiger partial charge in [-0.2, -0.15) is 0 Å². The number of ether oxygens (including phenoxy) is 1. The number of rotatable bonds is 3. The summed E-state index contributed by atoms with van der Waals surface area (Å²) in [6.45, 7) is 7.72. The van der Waals surface area contributed by atoms with Gasteiger partial charge in [0.25, 0.3) is 0 Å². The largest absolute Gasteiger partial charge is 0.375 e. The lowest BCUT2D eigenvalue weighted by atomic mass is 10.0. The van der Waals surface area contributed by atoms with E-state index in [2.05, 4.69) is 6.92 Å². The molecular weight excluding hydrogens is 304 g/mol. The average molecular weight is 330 g/mol. The Bertz CT molecular complexity index is 631. The number of nitrogens with zero attached hydrogens (tertiary/aromatic N) is 2. The van der Waals surface area contributed by atoms with Crippen molar-refractivity contribution in [3.05, 3.63) is 29.8 Å². The molecule has 5 heteroatoms. The maximum Gasteiger partial charge on any atom is 0.228 e. The topological polar surface area (TPSA) is 49.9 Å². The van der Waals surface area contributed by atoms with Gasteiger partial charge < -0.3 is 14.5 Å². The van der Waals surface area contributed by atoms with E-state index in [1.165, 1.54) is 0 Å². The van der Waals surface area contributed by atoms with Crippen LogP contribution in [0, 0.1) is 5.92 Å². The minimum atomic E-state index is -0.254. The summed E-state index contributed by atoms with van der Waals surface area (Å²) in [5.41, 5.74) is 2.09. The quantitative estimate of drug-likeness (QED) is 0.854. The summed E-state index contributed by atoms with van der Waals surface area (Å²) in [5.74, 6) is -0.124. The first-order valence-electron chi connectivity index (χ1n) is 8.81. The summed E-state index contributed by atoms with van der Waals surface area (Å²) in [6.07, 6.45) is 1.23. The Labute approximate surface area is 143 Å². The summed E-state index contributed by atoms with van der Waals surface area (Å²) < 4.78 is 5.60. The highest BCUT2D eigenvalue weighted by molar-refractivity contribution is 6.00. The molecule has 0 bridgehead atoms. The molecule has 2 saturated heterocycles. The molecule has 0 aliphatic carbocycles. The molecule has 0 aromatic heterocycles. The molecule has 0 radical (unpaired) electrons. The Hall–Kier alpha value is -1.88. The van der Waals surface area contributed by atoms with Crippen LogP contribution in [0.3, 0.4) is 0 Å². The van der Waals surface area contributed by atoms with Gasteiger partial charge in [-0.25, -0.2) is 0 Å². The summed E-state index contributed by atoms with van der Waals surface area (Å²) >= 11 is 0. The molecule has 1 aromatic carbocycles. The first-order valence-corrected chi connectivity index (χ1v) is 8.81. The number of carbonyl (C=O) groups excluding carboxylic acids is 2. The van der Waals surface area contributed by atoms with Gasteiger partial charge >= 0.3 is 0 Å². The zero-order chi connectivity index (χ0) is 17.3. The minimum Gasteiger partial charge on any atom is -0.375 e. The van der Waals surface area contributed by atoms with Crippen molar-refractivity contribution in [3.8, 4) is 0 Å². The average Bonchev–Trinajstić information content (AvgIpc) is 2.98. The molecule has 130 valence electrons. The monoisotopic (exact) mass is 330 g/mol. The fourth-order valence-corrected chi connectivity index (χ4v) is 3.62. The molecule has 24 heavy (non-hydrogen) atoms. The van der Waals surface area contributed by atoms with Gasteiger partial charge in [0.1, 0.15) is 0 Å². The first kappa shape index (κ1) is 17.0. The maximum absolute atomic E-state index is 12.9. The molecule has 2 amide bonds. The van der Waals surface area contributed by atoms with Crippen LogP contribution >= 0.6 is 0 Å². The van der Waals surface area contributed by atoms with Crippen LogP contribution in [0.5, 0.6) is 0 Å². The van der Waals surface area contributed by atoms with E-state index in [-0.39, 0.29) is 29.9 Å². The van der Waals surface area contributed by atoms with Crippen molar-refractivity contribution in [2.24, 2.45) is 5.92 Å². The fourth-order valence-electron chi connectivity index (χ4n) is 3.62. The second-order valence-electron chi connectivity index (χ2n) is 6.87. The Morgan fingerprint density at radius 2 is 2.00 bits per heavy atom. The number of anilines is 1. The van der Waals surface area contributed by atoms with E-state index in [0.717, 1.165) is 17.7 Å². The van der Waals surface area contributed by atoms with Gasteiger partial charge in [0, 0.05) is 25.2 Å². The van der Waals surface area contributed by atoms with Crippen LogP contribution < -0.4 is 4.90 Å². The Morgan fingerprint density at radius 1 is 1.25 bits per heavy atom. The normalized spacial score (nSPS) is 27.6. The van der Waals surface area contributed by atoms with Crippen LogP contribution in [0.25, 0.3) is 0 Å². The lowest BCUT2D eigenvalue weighted by molar-refractivity contribution is -0.147. The Morgan fingerprint density at radius 3 is 2.75 bits per heavy atom. The number of hydrogen-bond donors (Lipinski definition) is 0. The van der Waals surface area contributed by atoms with E-state index in [0.29, 0.717) is 26.1 Å². The van der Waals surface area contributed by atoms with E-state index in [1.807, 2.05) is 43.0 Å². The molecule has 2 aliphatic rings. The van der Waals surface area contributed by atoms with Crippen molar-refractivity contribution in [2.75, 3.05) is 24.6 Å². The molecular formula is C19H26N2O3. The predicted octanol–water partition coefficient (Wildman–Crippen LogP) is 2.24. The van der Waals surface area contributed by atoms with Crippen LogP contribution in [0.2, 0.25) is 0 Å². The van der Waals surface area contributed by atoms with Crippen molar-refractivity contribution in [3.63, 3.8) is 0 Å². The van der Waals surface area contributed by atoms with E-state index in [4.69, 9.17) is 4.74 Å². The zero-order valence-corrected chi connectivity index (χ0v) is 14.7. The van der Waals surface area contributed by atoms with Crippen LogP contribution in [0.15, 0.2) is 24.3 Å². The van der Waals surface area contributed by atoms with Gasteiger partial charge in [0.2, 0.25) is 11.8 Å². The van der Waals surface area contributed by atoms with Gasteiger partial charge in [-0.3, -0.25) is 9.59 Å². The molecule has 3 atom stereocenters. The molecule has 3 rings (SSSR count). The SMILES string of the molecule is CCc1ccccc1N1CC(C(=O)N2CC(C)OCC2C)CC1=O. The molecule has 2 fully saturated rings. The lowest BCUT2D eigenvalue weighted by Gasteiger charge is -2.38. The fraction of sp³-hybridized carbons (Fsp3) is 0.579. The van der Waals surface area contributed by atoms with Gasteiger partial charge in [0.15, 0.2) is 0 Å². The van der Waals surface area contributed by atoms with Crippen molar-refractivity contribution in [2.45, 2.75) is 45.8 Å². The molecule has 0 N–H and O–H groups in total. The highest BCUT2D eigenvalue weighted by atomic mass is 16.5. The van der Waals surface area contributed by atoms with Gasteiger partial charge in [-0.1, -0.05) is 25.1 Å². The molecule has 2 heterocycles. The van der Waals surface area contributed by atoms with E-state index in [9.17, 15) is 9.59 Å². The van der Waals surface area contributed by atoms with Crippen LogP contribution in [0.4, 0.5) is 5.69 Å². The minimum absolute atomic E-state index is 0.0446. The second-order valence-corrected chi connectivity index (χ2v) is 6.87. The molecule has 5 nitrogen and oxygen atoms in total. The third-order valence-electron chi connectivity index (χ3n) is 5.03. The second kappa shape index (κ2) is 6.93. The molecule has 0 spiro atoms. The highest BCUT2D eigenvalue weighted by Gasteiger charge is 2.40. The number of para-hydroxylation sites is 1. The number of aryl methyl sites for hydroxylation is 1. The standard InChI is InChI=1S/C19H26N2O3/c1-4-15-7-5-6-8-17(15)21-11-16(9-18(21)22)19(23)20-10-14(3)24-12-13(20)2/h5-8,13-14,16H,4,9-12H2,1-3H3. The predicted molar refractivity (Wildman–Crippen MR) is 92.9 cm³/mol. The molecule has 2 aliphatic heterocycles. The van der Waals surface area contributed by atoms with Gasteiger partial charge in [0.05, 0.1) is 24.7 Å².